The van der Waals surface area contributed by atoms with Crippen molar-refractivity contribution in [1.82, 2.24) is 19.5 Å². The number of aromatic nitrogens is 4. The smallest absolute Gasteiger partial charge is 0.224 e. The molecule has 24 heavy (non-hydrogen) atoms. The van der Waals surface area contributed by atoms with Crippen molar-refractivity contribution in [3.05, 3.63) is 6.33 Å². The van der Waals surface area contributed by atoms with E-state index < -0.39 is 31.7 Å². The van der Waals surface area contributed by atoms with E-state index in [2.05, 4.69) is 15.0 Å². The van der Waals surface area contributed by atoms with Crippen LogP contribution in [0.2, 0.25) is 0 Å². The molecule has 10 heteroatoms. The molecular weight excluding hydrogens is 319 g/mol. The van der Waals surface area contributed by atoms with Crippen molar-refractivity contribution in [2.75, 3.05) is 38.0 Å². The summed E-state index contributed by atoms with van der Waals surface area (Å²) in [5.41, 5.74) is 6.37. The monoisotopic (exact) mass is 338 g/mol. The first-order valence-electron chi connectivity index (χ1n) is 7.06. The number of ether oxygens (including phenoxy) is 1. The van der Waals surface area contributed by atoms with Gasteiger partial charge in [-0.15, -0.1) is 6.42 Å². The number of hydrogen-bond donors (Lipinski definition) is 3. The quantitative estimate of drug-likeness (QED) is 0.567. The molecule has 0 aromatic carbocycles. The third-order valence-corrected chi connectivity index (χ3v) is 3.32. The van der Waals surface area contributed by atoms with Crippen LogP contribution in [0.1, 0.15) is 6.23 Å². The zero-order valence-electron chi connectivity index (χ0n) is 13.3. The molecule has 0 bridgehead atoms. The Morgan fingerprint density at radius 3 is 2.75 bits per heavy atom. The molecule has 4 N–H and O–H groups in total. The van der Waals surface area contributed by atoms with Crippen molar-refractivity contribution < 1.29 is 19.3 Å². The summed E-state index contributed by atoms with van der Waals surface area (Å²) in [6.07, 6.45) is 2.70. The van der Waals surface area contributed by atoms with Crippen molar-refractivity contribution in [3.63, 3.8) is 0 Å². The largest absolute Gasteiger partial charge is 0.394 e. The van der Waals surface area contributed by atoms with Crippen LogP contribution in [0, 0.1) is 12.3 Å². The maximum atomic E-state index is 13.5. The molecule has 0 saturated heterocycles. The van der Waals surface area contributed by atoms with Gasteiger partial charge in [-0.25, -0.2) is 9.37 Å². The van der Waals surface area contributed by atoms with Crippen LogP contribution in [0.5, 0.6) is 0 Å². The summed E-state index contributed by atoms with van der Waals surface area (Å²) in [6, 6.07) is 0. The Morgan fingerprint density at radius 1 is 1.50 bits per heavy atom. The molecule has 2 heterocycles. The number of hydrogen-bond acceptors (Lipinski definition) is 8. The molecule has 2 aromatic heterocycles. The molecular formula is C14H19FN6O3. The number of nitrogens with two attached hydrogens (primary N) is 1. The van der Waals surface area contributed by atoms with Gasteiger partial charge >= 0.3 is 0 Å². The van der Waals surface area contributed by atoms with E-state index in [0.717, 1.165) is 0 Å². The Hall–Kier alpha value is -2.48. The molecule has 1 unspecified atom stereocenters. The van der Waals surface area contributed by atoms with Crippen molar-refractivity contribution in [1.29, 1.82) is 0 Å². The van der Waals surface area contributed by atoms with E-state index in [4.69, 9.17) is 16.9 Å². The molecule has 2 rings (SSSR count). The van der Waals surface area contributed by atoms with E-state index in [1.165, 1.54) is 10.9 Å². The summed E-state index contributed by atoms with van der Waals surface area (Å²) in [6.45, 7) is -1.53. The number of nitrogens with zero attached hydrogens (tertiary/aromatic N) is 5. The maximum Gasteiger partial charge on any atom is 0.224 e. The van der Waals surface area contributed by atoms with Gasteiger partial charge in [-0.1, -0.05) is 5.92 Å². The van der Waals surface area contributed by atoms with Crippen molar-refractivity contribution >= 4 is 22.9 Å². The number of halogens is 1. The zero-order valence-corrected chi connectivity index (χ0v) is 13.3. The highest BCUT2D eigenvalue weighted by Gasteiger charge is 2.25. The van der Waals surface area contributed by atoms with E-state index in [0.29, 0.717) is 11.3 Å². The van der Waals surface area contributed by atoms with Crippen LogP contribution >= 0.6 is 0 Å². The summed E-state index contributed by atoms with van der Waals surface area (Å²) in [4.78, 5) is 14.0. The number of terminal acetylenes is 1. The summed E-state index contributed by atoms with van der Waals surface area (Å²) < 4.78 is 20.2. The van der Waals surface area contributed by atoms with Crippen LogP contribution in [0.15, 0.2) is 6.33 Å². The van der Waals surface area contributed by atoms with Gasteiger partial charge in [0.15, 0.2) is 23.2 Å². The Balaban J connectivity index is 2.44. The predicted octanol–water partition coefficient (Wildman–Crippen LogP) is -0.686. The summed E-state index contributed by atoms with van der Waals surface area (Å²) in [5, 5.41) is 18.9. The summed E-state index contributed by atoms with van der Waals surface area (Å²) in [7, 11) is 3.52. The fraction of sp³-hybridized carbons (Fsp3) is 0.500. The average Bonchev–Trinajstić information content (AvgIpc) is 2.98. The van der Waals surface area contributed by atoms with Gasteiger partial charge in [0.1, 0.15) is 18.9 Å². The first kappa shape index (κ1) is 17.9. The SMILES string of the molecule is C#C[C@H](O)C(CO)O[C@H](CF)n1cnc2c(N(C)C)nc(N)nc21. The number of imidazole rings is 1. The molecule has 0 amide bonds. The van der Waals surface area contributed by atoms with Crippen LogP contribution in [0.25, 0.3) is 11.2 Å². The predicted molar refractivity (Wildman–Crippen MR) is 85.9 cm³/mol. The minimum absolute atomic E-state index is 0.00655. The van der Waals surface area contributed by atoms with E-state index in [1.807, 2.05) is 5.92 Å². The molecule has 0 aliphatic rings. The Bertz CT molecular complexity index is 744. The zero-order chi connectivity index (χ0) is 17.9. The number of aliphatic hydroxyl groups is 2. The van der Waals surface area contributed by atoms with Gasteiger partial charge in [0.25, 0.3) is 0 Å². The standard InChI is InChI=1S/C14H19FN6O3/c1-4-8(23)9(6-22)24-10(5-15)21-7-17-11-12(20(2)3)18-14(16)19-13(11)21/h1,7-10,22-23H,5-6H2,2-3H3,(H2,16,18,19)/t8-,9?,10+/m0/s1. The third kappa shape index (κ3) is 3.38. The number of alkyl halides is 1. The lowest BCUT2D eigenvalue weighted by atomic mass is 10.2. The van der Waals surface area contributed by atoms with Crippen LogP contribution in [0.4, 0.5) is 16.2 Å². The molecule has 0 spiro atoms. The van der Waals surface area contributed by atoms with E-state index >= 15 is 0 Å². The van der Waals surface area contributed by atoms with Gasteiger partial charge in [0, 0.05) is 14.1 Å². The van der Waals surface area contributed by atoms with E-state index in [9.17, 15) is 14.6 Å². The molecule has 9 nitrogen and oxygen atoms in total. The maximum absolute atomic E-state index is 13.5. The first-order valence-corrected chi connectivity index (χ1v) is 7.06. The van der Waals surface area contributed by atoms with Gasteiger partial charge in [0.05, 0.1) is 12.9 Å². The molecule has 0 radical (unpaired) electrons. The van der Waals surface area contributed by atoms with Crippen LogP contribution in [-0.2, 0) is 4.74 Å². The van der Waals surface area contributed by atoms with Crippen LogP contribution < -0.4 is 10.6 Å². The van der Waals surface area contributed by atoms with Crippen molar-refractivity contribution in [3.8, 4) is 12.3 Å². The van der Waals surface area contributed by atoms with Crippen molar-refractivity contribution in [2.45, 2.75) is 18.4 Å². The lowest BCUT2D eigenvalue weighted by Gasteiger charge is -2.24. The van der Waals surface area contributed by atoms with E-state index in [1.54, 1.807) is 19.0 Å². The summed E-state index contributed by atoms with van der Waals surface area (Å²) in [5.74, 6) is 2.49. The van der Waals surface area contributed by atoms with Crippen LogP contribution in [0.3, 0.4) is 0 Å². The number of rotatable bonds is 7. The number of fused-ring (bicyclic) bond motifs is 1. The normalized spacial score (nSPS) is 15.0. The fourth-order valence-corrected chi connectivity index (χ4v) is 2.14. The number of nitrogen functional groups attached to an aromatic ring is 1. The van der Waals surface area contributed by atoms with E-state index in [-0.39, 0.29) is 11.6 Å². The third-order valence-electron chi connectivity index (χ3n) is 3.32. The van der Waals surface area contributed by atoms with Gasteiger partial charge < -0.3 is 25.6 Å². The minimum atomic E-state index is -1.38. The Labute approximate surface area is 137 Å². The second-order valence-corrected chi connectivity index (χ2v) is 5.20. The molecule has 3 atom stereocenters. The molecule has 130 valence electrons. The highest BCUT2D eigenvalue weighted by Crippen LogP contribution is 2.25. The highest BCUT2D eigenvalue weighted by molar-refractivity contribution is 5.84. The summed E-state index contributed by atoms with van der Waals surface area (Å²) >= 11 is 0. The lowest BCUT2D eigenvalue weighted by molar-refractivity contribution is -0.115. The van der Waals surface area contributed by atoms with Gasteiger partial charge in [-0.05, 0) is 0 Å². The lowest BCUT2D eigenvalue weighted by Crippen LogP contribution is -2.34. The average molecular weight is 338 g/mol. The fourth-order valence-electron chi connectivity index (χ4n) is 2.14. The first-order chi connectivity index (χ1) is 11.4. The Morgan fingerprint density at radius 2 is 2.21 bits per heavy atom. The number of aliphatic hydroxyl groups excluding tert-OH is 2. The van der Waals surface area contributed by atoms with Crippen LogP contribution in [-0.4, -0.2) is 69.3 Å². The molecule has 0 aliphatic heterocycles. The molecule has 0 saturated carbocycles. The number of anilines is 2. The molecule has 0 fully saturated rings. The molecule has 0 aliphatic carbocycles. The highest BCUT2D eigenvalue weighted by atomic mass is 19.1. The Kier molecular flexibility index (Phi) is 5.50. The minimum Gasteiger partial charge on any atom is -0.394 e. The van der Waals surface area contributed by atoms with Gasteiger partial charge in [-0.2, -0.15) is 9.97 Å². The van der Waals surface area contributed by atoms with Crippen molar-refractivity contribution in [2.24, 2.45) is 0 Å². The van der Waals surface area contributed by atoms with Gasteiger partial charge in [0.2, 0.25) is 5.95 Å². The molecule has 2 aromatic rings. The second kappa shape index (κ2) is 7.39. The second-order valence-electron chi connectivity index (χ2n) is 5.20. The van der Waals surface area contributed by atoms with Gasteiger partial charge in [-0.3, -0.25) is 4.57 Å². The topological polar surface area (TPSA) is 123 Å².